The van der Waals surface area contributed by atoms with Gasteiger partial charge in [0.2, 0.25) is 0 Å². The van der Waals surface area contributed by atoms with Gasteiger partial charge in [0.1, 0.15) is 0 Å². The molecule has 0 spiro atoms. The zero-order chi connectivity index (χ0) is 10.0. The highest BCUT2D eigenvalue weighted by molar-refractivity contribution is 6.18. The summed E-state index contributed by atoms with van der Waals surface area (Å²) in [7, 11) is 0. The molecule has 0 amide bonds. The topological polar surface area (TPSA) is 3.24 Å². The zero-order valence-corrected chi connectivity index (χ0v) is 10.0. The molecular weight excluding hydrogens is 194 g/mol. The summed E-state index contributed by atoms with van der Waals surface area (Å²) >= 11 is 5.90. The van der Waals surface area contributed by atoms with E-state index in [1.165, 1.54) is 51.7 Å². The van der Waals surface area contributed by atoms with Gasteiger partial charge in [0.25, 0.3) is 0 Å². The van der Waals surface area contributed by atoms with Crippen LogP contribution in [0.1, 0.15) is 39.0 Å². The molecule has 0 N–H and O–H groups in total. The molecule has 0 bridgehead atoms. The van der Waals surface area contributed by atoms with Gasteiger partial charge >= 0.3 is 0 Å². The first-order chi connectivity index (χ1) is 6.72. The molecule has 14 heavy (non-hydrogen) atoms. The smallest absolute Gasteiger partial charge is 0.0264 e. The van der Waals surface area contributed by atoms with Gasteiger partial charge in [0, 0.05) is 19.0 Å². The number of hydrogen-bond acceptors (Lipinski definition) is 1. The molecule has 0 aromatic rings. The third-order valence-electron chi connectivity index (χ3n) is 4.00. The molecule has 2 aliphatic rings. The Morgan fingerprint density at radius 1 is 1.36 bits per heavy atom. The lowest BCUT2D eigenvalue weighted by atomic mass is 9.88. The summed E-state index contributed by atoms with van der Waals surface area (Å²) in [6, 6.07) is 0. The summed E-state index contributed by atoms with van der Waals surface area (Å²) in [4.78, 5) is 2.64. The molecule has 1 saturated heterocycles. The van der Waals surface area contributed by atoms with E-state index in [2.05, 4.69) is 11.8 Å². The third kappa shape index (κ3) is 2.43. The Labute approximate surface area is 92.8 Å². The number of hydrogen-bond donors (Lipinski definition) is 0. The summed E-state index contributed by atoms with van der Waals surface area (Å²) in [6.45, 7) is 6.32. The maximum absolute atomic E-state index is 5.90. The van der Waals surface area contributed by atoms with Crippen molar-refractivity contribution >= 4 is 11.6 Å². The van der Waals surface area contributed by atoms with Crippen LogP contribution in [0.5, 0.6) is 0 Å². The predicted molar refractivity (Wildman–Crippen MR) is 61.8 cm³/mol. The van der Waals surface area contributed by atoms with Crippen molar-refractivity contribution in [2.75, 3.05) is 25.5 Å². The van der Waals surface area contributed by atoms with Crippen LogP contribution in [-0.2, 0) is 0 Å². The summed E-state index contributed by atoms with van der Waals surface area (Å²) in [6.07, 6.45) is 7.09. The average Bonchev–Trinajstić information content (AvgIpc) is 2.75. The van der Waals surface area contributed by atoms with Crippen molar-refractivity contribution in [2.45, 2.75) is 39.0 Å². The van der Waals surface area contributed by atoms with Gasteiger partial charge < -0.3 is 4.90 Å². The molecule has 1 nitrogen and oxygen atoms in total. The molecule has 2 rings (SSSR count). The lowest BCUT2D eigenvalue weighted by molar-refractivity contribution is 0.192. The second-order valence-electron chi connectivity index (χ2n) is 5.56. The fourth-order valence-electron chi connectivity index (χ4n) is 3.11. The first kappa shape index (κ1) is 10.8. The minimum Gasteiger partial charge on any atom is -0.302 e. The van der Waals surface area contributed by atoms with Crippen molar-refractivity contribution < 1.29 is 0 Å². The minimum absolute atomic E-state index is 0.626. The highest BCUT2D eigenvalue weighted by atomic mass is 35.5. The highest BCUT2D eigenvalue weighted by Gasteiger charge is 2.33. The molecule has 2 heteroatoms. The summed E-state index contributed by atoms with van der Waals surface area (Å²) < 4.78 is 0. The maximum Gasteiger partial charge on any atom is 0.0264 e. The number of rotatable bonds is 3. The molecule has 1 saturated carbocycles. The molecule has 2 fully saturated rings. The number of halogens is 1. The molecule has 1 unspecified atom stereocenters. The fraction of sp³-hybridized carbons (Fsp3) is 1.00. The standard InChI is InChI=1S/C12H22ClN/c1-12(5-2-3-6-12)10-14-7-4-11(8-13)9-14/h11H,2-10H2,1H3. The van der Waals surface area contributed by atoms with E-state index in [-0.39, 0.29) is 0 Å². The van der Waals surface area contributed by atoms with E-state index in [4.69, 9.17) is 11.6 Å². The van der Waals surface area contributed by atoms with E-state index in [1.807, 2.05) is 0 Å². The molecule has 1 aliphatic heterocycles. The van der Waals surface area contributed by atoms with Crippen molar-refractivity contribution in [1.82, 2.24) is 4.90 Å². The van der Waals surface area contributed by atoms with Crippen LogP contribution in [0.2, 0.25) is 0 Å². The predicted octanol–water partition coefficient (Wildman–Crippen LogP) is 3.13. The molecule has 1 aliphatic carbocycles. The highest BCUT2D eigenvalue weighted by Crippen LogP contribution is 2.39. The van der Waals surface area contributed by atoms with Crippen molar-refractivity contribution in [2.24, 2.45) is 11.3 Å². The van der Waals surface area contributed by atoms with Crippen molar-refractivity contribution in [3.63, 3.8) is 0 Å². The fourth-order valence-corrected chi connectivity index (χ4v) is 3.36. The van der Waals surface area contributed by atoms with E-state index < -0.39 is 0 Å². The van der Waals surface area contributed by atoms with Gasteiger partial charge in [0.05, 0.1) is 0 Å². The average molecular weight is 216 g/mol. The van der Waals surface area contributed by atoms with Crippen LogP contribution in [-0.4, -0.2) is 30.4 Å². The van der Waals surface area contributed by atoms with Gasteiger partial charge in [0.15, 0.2) is 0 Å². The van der Waals surface area contributed by atoms with E-state index in [1.54, 1.807) is 0 Å². The monoisotopic (exact) mass is 215 g/mol. The van der Waals surface area contributed by atoms with Gasteiger partial charge in [-0.25, -0.2) is 0 Å². The zero-order valence-electron chi connectivity index (χ0n) is 9.27. The van der Waals surface area contributed by atoms with Crippen LogP contribution in [0.15, 0.2) is 0 Å². The largest absolute Gasteiger partial charge is 0.302 e. The lowest BCUT2D eigenvalue weighted by Crippen LogP contribution is -2.33. The van der Waals surface area contributed by atoms with Crippen LogP contribution < -0.4 is 0 Å². The molecule has 1 heterocycles. The summed E-state index contributed by atoms with van der Waals surface area (Å²) in [5, 5.41) is 0. The Bertz CT molecular complexity index is 187. The van der Waals surface area contributed by atoms with Crippen LogP contribution in [0, 0.1) is 11.3 Å². The normalized spacial score (nSPS) is 32.6. The van der Waals surface area contributed by atoms with Gasteiger partial charge in [-0.15, -0.1) is 11.6 Å². The minimum atomic E-state index is 0.626. The Morgan fingerprint density at radius 3 is 2.64 bits per heavy atom. The van der Waals surface area contributed by atoms with Crippen molar-refractivity contribution in [3.8, 4) is 0 Å². The molecule has 0 radical (unpaired) electrons. The van der Waals surface area contributed by atoms with Gasteiger partial charge in [-0.2, -0.15) is 0 Å². The molecule has 1 atom stereocenters. The van der Waals surface area contributed by atoms with Crippen molar-refractivity contribution in [3.05, 3.63) is 0 Å². The van der Waals surface area contributed by atoms with E-state index in [0.717, 1.165) is 11.8 Å². The first-order valence-electron chi connectivity index (χ1n) is 6.00. The van der Waals surface area contributed by atoms with Crippen LogP contribution in [0.25, 0.3) is 0 Å². The van der Waals surface area contributed by atoms with Crippen LogP contribution in [0.4, 0.5) is 0 Å². The maximum atomic E-state index is 5.90. The number of nitrogens with zero attached hydrogens (tertiary/aromatic N) is 1. The SMILES string of the molecule is CC1(CN2CCC(CCl)C2)CCCC1. The third-order valence-corrected chi connectivity index (χ3v) is 4.44. The van der Waals surface area contributed by atoms with Crippen LogP contribution >= 0.6 is 11.6 Å². The van der Waals surface area contributed by atoms with E-state index >= 15 is 0 Å². The molecular formula is C12H22ClN. The Hall–Kier alpha value is 0.250. The van der Waals surface area contributed by atoms with E-state index in [9.17, 15) is 0 Å². The quantitative estimate of drug-likeness (QED) is 0.654. The molecule has 0 aromatic carbocycles. The van der Waals surface area contributed by atoms with E-state index in [0.29, 0.717) is 5.41 Å². The second-order valence-corrected chi connectivity index (χ2v) is 5.87. The first-order valence-corrected chi connectivity index (χ1v) is 6.54. The van der Waals surface area contributed by atoms with Crippen molar-refractivity contribution in [1.29, 1.82) is 0 Å². The Kier molecular flexibility index (Phi) is 3.38. The molecule has 0 aromatic heterocycles. The van der Waals surface area contributed by atoms with Gasteiger partial charge in [-0.1, -0.05) is 19.8 Å². The second kappa shape index (κ2) is 4.40. The number of likely N-dealkylation sites (tertiary alicyclic amines) is 1. The Balaban J connectivity index is 1.80. The number of alkyl halides is 1. The molecule has 82 valence electrons. The van der Waals surface area contributed by atoms with Crippen LogP contribution in [0.3, 0.4) is 0 Å². The Morgan fingerprint density at radius 2 is 2.07 bits per heavy atom. The lowest BCUT2D eigenvalue weighted by Gasteiger charge is -2.29. The van der Waals surface area contributed by atoms with Gasteiger partial charge in [-0.3, -0.25) is 0 Å². The summed E-state index contributed by atoms with van der Waals surface area (Å²) in [5.41, 5.74) is 0.626. The summed E-state index contributed by atoms with van der Waals surface area (Å²) in [5.74, 6) is 1.62. The van der Waals surface area contributed by atoms with Gasteiger partial charge in [-0.05, 0) is 37.1 Å².